The largest absolute Gasteiger partial charge is 0.468 e. The van der Waals surface area contributed by atoms with Crippen molar-refractivity contribution in [1.82, 2.24) is 18.9 Å². The fourth-order valence-electron chi connectivity index (χ4n) is 4.63. The van der Waals surface area contributed by atoms with Crippen molar-refractivity contribution in [2.45, 2.75) is 30.4 Å². The number of pyridine rings is 1. The number of fused-ring (bicyclic) bond motifs is 2. The van der Waals surface area contributed by atoms with Gasteiger partial charge in [0.05, 0.1) is 23.5 Å². The third kappa shape index (κ3) is 4.37. The molecule has 10 nitrogen and oxygen atoms in total. The number of nitrogens with zero attached hydrogens (tertiary/aromatic N) is 4. The van der Waals surface area contributed by atoms with E-state index in [2.05, 4.69) is 4.98 Å². The van der Waals surface area contributed by atoms with Crippen molar-refractivity contribution in [3.8, 4) is 0 Å². The summed E-state index contributed by atoms with van der Waals surface area (Å²) in [6.45, 7) is 1.31. The molecule has 0 bridgehead atoms. The molecule has 11 heteroatoms. The van der Waals surface area contributed by atoms with Gasteiger partial charge in [-0.25, -0.2) is 13.4 Å². The molecule has 1 saturated heterocycles. The number of furan rings is 1. The van der Waals surface area contributed by atoms with Crippen LogP contribution in [0.2, 0.25) is 0 Å². The first-order chi connectivity index (χ1) is 16.9. The summed E-state index contributed by atoms with van der Waals surface area (Å²) in [6.07, 6.45) is 3.79. The number of rotatable bonds is 7. The molecular weight excluding hydrogens is 472 g/mol. The molecule has 0 radical (unpaired) electrons. The normalized spacial score (nSPS) is 15.3. The van der Waals surface area contributed by atoms with Crippen LogP contribution in [0.5, 0.6) is 0 Å². The predicted molar refractivity (Wildman–Crippen MR) is 129 cm³/mol. The highest BCUT2D eigenvalue weighted by atomic mass is 32.2. The van der Waals surface area contributed by atoms with Crippen LogP contribution in [-0.4, -0.2) is 65.2 Å². The molecule has 4 aromatic heterocycles. The lowest BCUT2D eigenvalue weighted by molar-refractivity contribution is 0.0712. The van der Waals surface area contributed by atoms with Crippen LogP contribution in [0.3, 0.4) is 0 Å². The van der Waals surface area contributed by atoms with Gasteiger partial charge in [-0.1, -0.05) is 6.07 Å². The van der Waals surface area contributed by atoms with Crippen molar-refractivity contribution < 1.29 is 22.4 Å². The molecule has 35 heavy (non-hydrogen) atoms. The highest BCUT2D eigenvalue weighted by Gasteiger charge is 2.33. The minimum absolute atomic E-state index is 0.146. The minimum Gasteiger partial charge on any atom is -0.468 e. The van der Waals surface area contributed by atoms with Gasteiger partial charge in [0.1, 0.15) is 28.5 Å². The zero-order chi connectivity index (χ0) is 24.6. The summed E-state index contributed by atoms with van der Waals surface area (Å²) in [5.74, 6) is 0.0133. The Morgan fingerprint density at radius 3 is 2.71 bits per heavy atom. The lowest BCUT2D eigenvalue weighted by Gasteiger charge is -2.31. The Kier molecular flexibility index (Phi) is 6.20. The van der Waals surface area contributed by atoms with E-state index < -0.39 is 15.1 Å². The number of amides is 1. The molecule has 1 fully saturated rings. The van der Waals surface area contributed by atoms with Crippen LogP contribution in [0.1, 0.15) is 29.1 Å². The third-order valence-electron chi connectivity index (χ3n) is 6.48. The van der Waals surface area contributed by atoms with Gasteiger partial charge >= 0.3 is 0 Å². The molecule has 0 N–H and O–H groups in total. The summed E-state index contributed by atoms with van der Waals surface area (Å²) in [4.78, 5) is 32.9. The van der Waals surface area contributed by atoms with E-state index in [9.17, 15) is 18.0 Å². The molecule has 0 spiro atoms. The van der Waals surface area contributed by atoms with Gasteiger partial charge in [-0.15, -0.1) is 0 Å². The van der Waals surface area contributed by atoms with Crippen molar-refractivity contribution in [3.05, 3.63) is 70.7 Å². The number of likely N-dealkylation sites (tertiary alicyclic amines) is 1. The number of hydrogen-bond donors (Lipinski definition) is 0. The maximum Gasteiger partial charge on any atom is 0.270 e. The Bertz CT molecular complexity index is 1530. The van der Waals surface area contributed by atoms with Gasteiger partial charge in [0.2, 0.25) is 0 Å². The Hall–Kier alpha value is -3.44. The zero-order valence-electron chi connectivity index (χ0n) is 19.3. The summed E-state index contributed by atoms with van der Waals surface area (Å²) >= 11 is 0. The Morgan fingerprint density at radius 2 is 2.00 bits per heavy atom. The van der Waals surface area contributed by atoms with Gasteiger partial charge in [-0.3, -0.25) is 14.0 Å². The second kappa shape index (κ2) is 9.31. The van der Waals surface area contributed by atoms with E-state index in [0.29, 0.717) is 67.2 Å². The molecule has 184 valence electrons. The third-order valence-corrected chi connectivity index (χ3v) is 8.65. The number of ether oxygens (including phenoxy) is 1. The lowest BCUT2D eigenvalue weighted by atomic mass is 10.1. The fourth-order valence-corrected chi connectivity index (χ4v) is 6.35. The fraction of sp³-hybridized carbons (Fsp3) is 0.375. The average Bonchev–Trinajstić information content (AvgIpc) is 3.50. The first kappa shape index (κ1) is 23.3. The van der Waals surface area contributed by atoms with Crippen molar-refractivity contribution in [1.29, 1.82) is 0 Å². The summed E-state index contributed by atoms with van der Waals surface area (Å²) < 4.78 is 39.2. The SMILES string of the molecule is COCCn1c(C(=O)N2CCC(S(=O)(=O)Cc3ccco3)CC2)cc2c(=O)n3ccccc3nc21. The predicted octanol–water partition coefficient (Wildman–Crippen LogP) is 2.11. The Morgan fingerprint density at radius 1 is 1.20 bits per heavy atom. The molecular formula is C24H26N4O6S. The van der Waals surface area contributed by atoms with Crippen LogP contribution in [0, 0.1) is 0 Å². The van der Waals surface area contributed by atoms with E-state index in [1.54, 1.807) is 59.2 Å². The highest BCUT2D eigenvalue weighted by Crippen LogP contribution is 2.24. The number of piperidine rings is 1. The van der Waals surface area contributed by atoms with Crippen LogP contribution in [0.25, 0.3) is 16.7 Å². The molecule has 0 aliphatic carbocycles. The monoisotopic (exact) mass is 498 g/mol. The number of methoxy groups -OCH3 is 1. The summed E-state index contributed by atoms with van der Waals surface area (Å²) in [5, 5.41) is -0.184. The van der Waals surface area contributed by atoms with Crippen molar-refractivity contribution >= 4 is 32.4 Å². The van der Waals surface area contributed by atoms with E-state index in [0.717, 1.165) is 0 Å². The molecule has 1 aliphatic rings. The van der Waals surface area contributed by atoms with Crippen molar-refractivity contribution in [3.63, 3.8) is 0 Å². The summed E-state index contributed by atoms with van der Waals surface area (Å²) in [6, 6.07) is 10.2. The van der Waals surface area contributed by atoms with Gasteiger partial charge in [0.15, 0.2) is 9.84 Å². The van der Waals surface area contributed by atoms with Crippen molar-refractivity contribution in [2.75, 3.05) is 26.8 Å². The summed E-state index contributed by atoms with van der Waals surface area (Å²) in [7, 11) is -1.83. The molecule has 0 atom stereocenters. The molecule has 0 saturated carbocycles. The van der Waals surface area contributed by atoms with Gasteiger partial charge in [0, 0.05) is 32.9 Å². The van der Waals surface area contributed by atoms with Crippen LogP contribution in [0.4, 0.5) is 0 Å². The molecule has 5 rings (SSSR count). The van der Waals surface area contributed by atoms with Gasteiger partial charge in [0.25, 0.3) is 11.5 Å². The first-order valence-electron chi connectivity index (χ1n) is 11.4. The average molecular weight is 499 g/mol. The second-order valence-electron chi connectivity index (χ2n) is 8.64. The van der Waals surface area contributed by atoms with E-state index in [-0.39, 0.29) is 17.2 Å². The first-order valence-corrected chi connectivity index (χ1v) is 13.1. The van der Waals surface area contributed by atoms with Crippen LogP contribution in [0.15, 0.2) is 58.1 Å². The van der Waals surface area contributed by atoms with E-state index in [1.165, 1.54) is 10.7 Å². The van der Waals surface area contributed by atoms with Gasteiger partial charge in [-0.05, 0) is 43.2 Å². The van der Waals surface area contributed by atoms with E-state index >= 15 is 0 Å². The smallest absolute Gasteiger partial charge is 0.270 e. The van der Waals surface area contributed by atoms with Crippen LogP contribution >= 0.6 is 0 Å². The minimum atomic E-state index is -3.40. The number of sulfone groups is 1. The van der Waals surface area contributed by atoms with Crippen molar-refractivity contribution in [2.24, 2.45) is 0 Å². The van der Waals surface area contributed by atoms with Gasteiger partial charge < -0.3 is 18.6 Å². The highest BCUT2D eigenvalue weighted by molar-refractivity contribution is 7.91. The zero-order valence-corrected chi connectivity index (χ0v) is 20.1. The molecule has 1 amide bonds. The van der Waals surface area contributed by atoms with E-state index in [4.69, 9.17) is 9.15 Å². The molecule has 5 heterocycles. The number of carbonyl (C=O) groups excluding carboxylic acids is 1. The second-order valence-corrected chi connectivity index (χ2v) is 10.9. The lowest BCUT2D eigenvalue weighted by Crippen LogP contribution is -2.43. The number of aromatic nitrogens is 3. The molecule has 4 aromatic rings. The topological polar surface area (TPSA) is 116 Å². The van der Waals surface area contributed by atoms with Crippen LogP contribution < -0.4 is 5.56 Å². The van der Waals surface area contributed by atoms with Gasteiger partial charge in [-0.2, -0.15) is 0 Å². The Labute approximate surface area is 201 Å². The number of carbonyl (C=O) groups is 1. The standard InChI is InChI=1S/C24H26N4O6S/c1-33-14-12-27-20(15-19-22(27)25-21-6-2-3-9-28(21)23(19)29)24(30)26-10-7-18(8-11-26)35(31,32)16-17-5-4-13-34-17/h2-6,9,13,15,18H,7-8,10-12,14,16H2,1H3. The molecule has 1 aliphatic heterocycles. The quantitative estimate of drug-likeness (QED) is 0.383. The maximum absolute atomic E-state index is 13.5. The molecule has 0 aromatic carbocycles. The maximum atomic E-state index is 13.5. The number of hydrogen-bond acceptors (Lipinski definition) is 7. The van der Waals surface area contributed by atoms with E-state index in [1.807, 2.05) is 0 Å². The van der Waals surface area contributed by atoms with Crippen LogP contribution in [-0.2, 0) is 26.9 Å². The molecule has 0 unspecified atom stereocenters. The Balaban J connectivity index is 1.42. The summed E-state index contributed by atoms with van der Waals surface area (Å²) in [5.41, 5.74) is 1.01.